The zero-order chi connectivity index (χ0) is 16.6. The lowest BCUT2D eigenvalue weighted by Crippen LogP contribution is -2.34. The van der Waals surface area contributed by atoms with Gasteiger partial charge < -0.3 is 14.5 Å². The maximum Gasteiger partial charge on any atom is 0.261 e. The highest BCUT2D eigenvalue weighted by atomic mass is 19.2. The predicted molar refractivity (Wildman–Crippen MR) is 70.5 cm³/mol. The normalized spacial score (nSPS) is 15.3. The summed E-state index contributed by atoms with van der Waals surface area (Å²) in [5.41, 5.74) is -0.551. The summed E-state index contributed by atoms with van der Waals surface area (Å²) in [5.74, 6) is -6.32. The van der Waals surface area contributed by atoms with E-state index in [0.29, 0.717) is 19.0 Å². The van der Waals surface area contributed by atoms with Crippen molar-refractivity contribution in [1.29, 1.82) is 0 Å². The van der Waals surface area contributed by atoms with E-state index in [1.807, 2.05) is 0 Å². The number of phenolic OH excluding ortho intramolecular Hbond substituents is 1. The Morgan fingerprint density at radius 1 is 1.26 bits per heavy atom. The number of piperidine rings is 1. The molecule has 0 atom stereocenters. The van der Waals surface area contributed by atoms with E-state index >= 15 is 0 Å². The van der Waals surface area contributed by atoms with Gasteiger partial charge in [-0.15, -0.1) is 0 Å². The minimum atomic E-state index is -1.69. The first-order valence-corrected chi connectivity index (χ1v) is 6.94. The van der Waals surface area contributed by atoms with Crippen LogP contribution in [0.15, 0.2) is 10.6 Å². The van der Waals surface area contributed by atoms with Gasteiger partial charge in [0.15, 0.2) is 23.2 Å². The quantitative estimate of drug-likeness (QED) is 0.876. The minimum absolute atomic E-state index is 0.0424. The highest BCUT2D eigenvalue weighted by molar-refractivity contribution is 5.76. The fourth-order valence-corrected chi connectivity index (χ4v) is 2.37. The molecule has 1 aliphatic rings. The van der Waals surface area contributed by atoms with Crippen LogP contribution in [-0.2, 0) is 11.3 Å². The number of hydrogen-bond acceptors (Lipinski definition) is 5. The summed E-state index contributed by atoms with van der Waals surface area (Å²) < 4.78 is 45.0. The molecule has 0 saturated carbocycles. The van der Waals surface area contributed by atoms with Crippen molar-refractivity contribution in [1.82, 2.24) is 15.0 Å². The number of benzene rings is 1. The number of aromatic hydroxyl groups is 1. The molecule has 1 aliphatic heterocycles. The predicted octanol–water partition coefficient (Wildman–Crippen LogP) is 2.37. The van der Waals surface area contributed by atoms with Crippen molar-refractivity contribution in [2.45, 2.75) is 25.8 Å². The van der Waals surface area contributed by atoms with E-state index < -0.39 is 34.7 Å². The van der Waals surface area contributed by atoms with Crippen LogP contribution < -0.4 is 0 Å². The number of carbonyl (C=O) groups is 1. The molecule has 0 aliphatic carbocycles. The van der Waals surface area contributed by atoms with Gasteiger partial charge in [-0.1, -0.05) is 5.16 Å². The second kappa shape index (κ2) is 5.90. The molecule has 1 aromatic heterocycles. The summed E-state index contributed by atoms with van der Waals surface area (Å²) in [5, 5.41) is 12.8. The van der Waals surface area contributed by atoms with Gasteiger partial charge in [-0.05, 0) is 18.9 Å². The molecule has 1 fully saturated rings. The van der Waals surface area contributed by atoms with Crippen LogP contribution in [0.3, 0.4) is 0 Å². The highest BCUT2D eigenvalue weighted by Gasteiger charge is 2.24. The van der Waals surface area contributed by atoms with E-state index in [1.165, 1.54) is 4.90 Å². The smallest absolute Gasteiger partial charge is 0.261 e. The first kappa shape index (κ1) is 15.3. The summed E-state index contributed by atoms with van der Waals surface area (Å²) in [6.45, 7) is 0.642. The van der Waals surface area contributed by atoms with Gasteiger partial charge in [-0.25, -0.2) is 8.78 Å². The molecule has 2 heterocycles. The van der Waals surface area contributed by atoms with Crippen molar-refractivity contribution in [2.75, 3.05) is 6.54 Å². The number of rotatable bonds is 3. The molecule has 2 aromatic rings. The van der Waals surface area contributed by atoms with Crippen molar-refractivity contribution in [3.63, 3.8) is 0 Å². The monoisotopic (exact) mass is 327 g/mol. The summed E-state index contributed by atoms with van der Waals surface area (Å²) in [7, 11) is 0. The molecule has 0 unspecified atom stereocenters. The first-order chi connectivity index (χ1) is 11.0. The number of halogens is 3. The molecule has 122 valence electrons. The maximum atomic E-state index is 13.8. The topological polar surface area (TPSA) is 79.5 Å². The SMILES string of the molecule is O=C1CCCCN1Cc1noc(-c2cc(F)c(F)c(O)c2F)n1. The fourth-order valence-electron chi connectivity index (χ4n) is 2.37. The Bertz CT molecular complexity index is 763. The average molecular weight is 327 g/mol. The number of phenols is 1. The molecule has 1 amide bonds. The second-order valence-electron chi connectivity index (χ2n) is 5.17. The lowest BCUT2D eigenvalue weighted by molar-refractivity contribution is -0.134. The van der Waals surface area contributed by atoms with E-state index in [2.05, 4.69) is 10.1 Å². The third-order valence-corrected chi connectivity index (χ3v) is 3.59. The van der Waals surface area contributed by atoms with Gasteiger partial charge in [-0.3, -0.25) is 4.79 Å². The van der Waals surface area contributed by atoms with E-state index in [0.717, 1.165) is 12.8 Å². The number of likely N-dealkylation sites (tertiary alicyclic amines) is 1. The molecule has 9 heteroatoms. The lowest BCUT2D eigenvalue weighted by Gasteiger charge is -2.25. The molecule has 6 nitrogen and oxygen atoms in total. The molecular weight excluding hydrogens is 315 g/mol. The number of nitrogens with zero attached hydrogens (tertiary/aromatic N) is 3. The van der Waals surface area contributed by atoms with Gasteiger partial charge in [0.2, 0.25) is 11.7 Å². The van der Waals surface area contributed by atoms with Gasteiger partial charge in [0, 0.05) is 13.0 Å². The molecule has 1 N–H and O–H groups in total. The average Bonchev–Trinajstić information content (AvgIpc) is 2.99. The zero-order valence-electron chi connectivity index (χ0n) is 11.9. The van der Waals surface area contributed by atoms with Crippen molar-refractivity contribution < 1.29 is 27.6 Å². The van der Waals surface area contributed by atoms with Crippen LogP contribution in [-0.4, -0.2) is 32.6 Å². The fraction of sp³-hybridized carbons (Fsp3) is 0.357. The van der Waals surface area contributed by atoms with E-state index in [-0.39, 0.29) is 18.3 Å². The Morgan fingerprint density at radius 3 is 2.78 bits per heavy atom. The Morgan fingerprint density at radius 2 is 2.04 bits per heavy atom. The van der Waals surface area contributed by atoms with Crippen molar-refractivity contribution >= 4 is 5.91 Å². The summed E-state index contributed by atoms with van der Waals surface area (Å²) in [6.07, 6.45) is 2.13. The van der Waals surface area contributed by atoms with Crippen molar-refractivity contribution in [3.8, 4) is 17.2 Å². The lowest BCUT2D eigenvalue weighted by atomic mass is 10.1. The van der Waals surface area contributed by atoms with Gasteiger partial charge in [0.25, 0.3) is 5.89 Å². The van der Waals surface area contributed by atoms with Crippen molar-refractivity contribution in [2.24, 2.45) is 0 Å². The summed E-state index contributed by atoms with van der Waals surface area (Å²) in [4.78, 5) is 17.1. The standard InChI is InChI=1S/C14H12F3N3O3/c15-8-5-7(11(16)13(22)12(8)17)14-18-9(19-23-14)6-20-4-2-1-3-10(20)21/h5,22H,1-4,6H2. The number of carbonyl (C=O) groups excluding carboxylic acids is 1. The van der Waals surface area contributed by atoms with Crippen LogP contribution in [0.5, 0.6) is 5.75 Å². The molecule has 0 spiro atoms. The van der Waals surface area contributed by atoms with Crippen LogP contribution in [0.1, 0.15) is 25.1 Å². The largest absolute Gasteiger partial charge is 0.503 e. The Labute approximate surface area is 128 Å². The van der Waals surface area contributed by atoms with Crippen LogP contribution in [0.4, 0.5) is 13.2 Å². The summed E-state index contributed by atoms with van der Waals surface area (Å²) in [6, 6.07) is 0.522. The number of hydrogen-bond donors (Lipinski definition) is 1. The van der Waals surface area contributed by atoms with Crippen LogP contribution >= 0.6 is 0 Å². The second-order valence-corrected chi connectivity index (χ2v) is 5.17. The molecular formula is C14H12F3N3O3. The molecule has 1 saturated heterocycles. The van der Waals surface area contributed by atoms with Gasteiger partial charge in [0.05, 0.1) is 12.1 Å². The molecule has 1 aromatic carbocycles. The van der Waals surface area contributed by atoms with Crippen LogP contribution in [0.2, 0.25) is 0 Å². The van der Waals surface area contributed by atoms with Gasteiger partial charge >= 0.3 is 0 Å². The third kappa shape index (κ3) is 2.86. The zero-order valence-corrected chi connectivity index (χ0v) is 11.9. The third-order valence-electron chi connectivity index (χ3n) is 3.59. The van der Waals surface area contributed by atoms with E-state index in [9.17, 15) is 23.1 Å². The van der Waals surface area contributed by atoms with Crippen LogP contribution in [0.25, 0.3) is 11.5 Å². The summed E-state index contributed by atoms with van der Waals surface area (Å²) >= 11 is 0. The minimum Gasteiger partial charge on any atom is -0.503 e. The molecule has 3 rings (SSSR count). The Hall–Kier alpha value is -2.58. The molecule has 0 bridgehead atoms. The molecule has 23 heavy (non-hydrogen) atoms. The highest BCUT2D eigenvalue weighted by Crippen LogP contribution is 2.31. The Balaban J connectivity index is 1.86. The van der Waals surface area contributed by atoms with E-state index in [1.54, 1.807) is 0 Å². The Kier molecular flexibility index (Phi) is 3.93. The van der Waals surface area contributed by atoms with Crippen molar-refractivity contribution in [3.05, 3.63) is 29.3 Å². The maximum absolute atomic E-state index is 13.8. The first-order valence-electron chi connectivity index (χ1n) is 6.94. The van der Waals surface area contributed by atoms with Gasteiger partial charge in [0.1, 0.15) is 0 Å². The van der Waals surface area contributed by atoms with E-state index in [4.69, 9.17) is 4.52 Å². The van der Waals surface area contributed by atoms with Crippen LogP contribution in [0, 0.1) is 17.5 Å². The number of aromatic nitrogens is 2. The number of amides is 1. The van der Waals surface area contributed by atoms with Gasteiger partial charge in [-0.2, -0.15) is 9.37 Å². The molecule has 0 radical (unpaired) electrons.